The van der Waals surface area contributed by atoms with Crippen LogP contribution in [0.15, 0.2) is 55.2 Å². The number of aromatic nitrogens is 1. The molecule has 1 aliphatic rings. The smallest absolute Gasteiger partial charge is 0.257 e. The molecular formula is C25H16Cl5F2N3O2. The van der Waals surface area contributed by atoms with E-state index < -0.39 is 38.9 Å². The number of hydrogen-bond acceptors (Lipinski definition) is 4. The van der Waals surface area contributed by atoms with E-state index in [4.69, 9.17) is 58.0 Å². The van der Waals surface area contributed by atoms with Gasteiger partial charge in [0.1, 0.15) is 16.4 Å². The van der Waals surface area contributed by atoms with E-state index in [-0.39, 0.29) is 22.8 Å². The fourth-order valence-electron chi connectivity index (χ4n) is 4.10. The second-order valence-corrected chi connectivity index (χ2v) is 11.1. The van der Waals surface area contributed by atoms with E-state index >= 15 is 0 Å². The topological polar surface area (TPSA) is 71.1 Å². The Bertz CT molecular complexity index is 1420. The van der Waals surface area contributed by atoms with Crippen molar-refractivity contribution in [1.82, 2.24) is 4.98 Å². The Kier molecular flexibility index (Phi) is 7.75. The molecule has 2 atom stereocenters. The molecule has 4 rings (SSSR count). The summed E-state index contributed by atoms with van der Waals surface area (Å²) in [5.41, 5.74) is -0.570. The highest BCUT2D eigenvalue weighted by atomic mass is 35.5. The number of carbonyl (C=O) groups is 2. The Labute approximate surface area is 235 Å². The van der Waals surface area contributed by atoms with E-state index in [0.717, 1.165) is 12.3 Å². The molecule has 192 valence electrons. The van der Waals surface area contributed by atoms with Crippen LogP contribution in [0.3, 0.4) is 0 Å². The lowest BCUT2D eigenvalue weighted by molar-refractivity contribution is -0.112. The number of nitrogens with one attached hydrogen (secondary N) is 2. The van der Waals surface area contributed by atoms with Crippen molar-refractivity contribution in [3.8, 4) is 0 Å². The third kappa shape index (κ3) is 5.29. The van der Waals surface area contributed by atoms with E-state index in [0.29, 0.717) is 27.6 Å². The highest BCUT2D eigenvalue weighted by Crippen LogP contribution is 2.73. The normalized spacial score (nSPS) is 19.7. The Balaban J connectivity index is 1.54. The highest BCUT2D eigenvalue weighted by molar-refractivity contribution is 6.54. The van der Waals surface area contributed by atoms with Crippen molar-refractivity contribution < 1.29 is 18.4 Å². The molecule has 0 saturated heterocycles. The fourth-order valence-corrected chi connectivity index (χ4v) is 5.82. The van der Waals surface area contributed by atoms with Gasteiger partial charge in [-0.2, -0.15) is 4.39 Å². The average molecular weight is 606 g/mol. The maximum atomic E-state index is 13.6. The Morgan fingerprint density at radius 1 is 1.05 bits per heavy atom. The minimum absolute atomic E-state index is 0.0187. The minimum atomic E-state index is -1.43. The van der Waals surface area contributed by atoms with Crippen LogP contribution in [-0.4, -0.2) is 28.1 Å². The molecule has 0 bridgehead atoms. The van der Waals surface area contributed by atoms with Gasteiger partial charge in [0.2, 0.25) is 5.95 Å². The summed E-state index contributed by atoms with van der Waals surface area (Å²) in [6, 6.07) is 10.4. The van der Waals surface area contributed by atoms with Crippen LogP contribution < -0.4 is 10.6 Å². The molecule has 37 heavy (non-hydrogen) atoms. The molecule has 1 saturated carbocycles. The number of halogens is 7. The number of nitrogens with zero attached hydrogens (tertiary/aromatic N) is 1. The molecule has 0 radical (unpaired) electrons. The Morgan fingerprint density at radius 3 is 2.32 bits per heavy atom. The SMILES string of the molecule is C=C(F)c1cc(NC(=O)c2cc(NCC3(C=O)C(c4cc(Cl)cc(Cl)c4)C3(Cl)Cl)ccc2Cl)cnc1F. The number of hydrogen-bond donors (Lipinski definition) is 2. The van der Waals surface area contributed by atoms with Gasteiger partial charge in [-0.1, -0.05) is 64.6 Å². The predicted molar refractivity (Wildman–Crippen MR) is 144 cm³/mol. The van der Waals surface area contributed by atoms with Gasteiger partial charge in [-0.05, 0) is 48.0 Å². The van der Waals surface area contributed by atoms with E-state index in [1.165, 1.54) is 12.1 Å². The van der Waals surface area contributed by atoms with E-state index in [9.17, 15) is 18.4 Å². The van der Waals surface area contributed by atoms with Crippen molar-refractivity contribution >= 4 is 87.4 Å². The second-order valence-electron chi connectivity index (χ2n) is 8.39. The second kappa shape index (κ2) is 10.4. The molecule has 1 amide bonds. The third-order valence-electron chi connectivity index (χ3n) is 6.03. The van der Waals surface area contributed by atoms with Crippen molar-refractivity contribution in [2.24, 2.45) is 5.41 Å². The summed E-state index contributed by atoms with van der Waals surface area (Å²) in [5.74, 6) is -3.36. The largest absolute Gasteiger partial charge is 0.384 e. The van der Waals surface area contributed by atoms with Crippen LogP contribution in [0.1, 0.15) is 27.4 Å². The van der Waals surface area contributed by atoms with Crippen molar-refractivity contribution in [3.05, 3.63) is 92.9 Å². The van der Waals surface area contributed by atoms with Gasteiger partial charge in [0, 0.05) is 28.2 Å². The Morgan fingerprint density at radius 2 is 1.70 bits per heavy atom. The molecule has 0 spiro atoms. The number of alkyl halides is 2. The summed E-state index contributed by atoms with van der Waals surface area (Å²) in [5, 5.41) is 6.42. The zero-order valence-corrected chi connectivity index (χ0v) is 22.4. The zero-order valence-electron chi connectivity index (χ0n) is 18.6. The molecule has 12 heteroatoms. The summed E-state index contributed by atoms with van der Waals surface area (Å²) in [6.45, 7) is 3.06. The van der Waals surface area contributed by atoms with Gasteiger partial charge in [0.15, 0.2) is 0 Å². The average Bonchev–Trinajstić information content (AvgIpc) is 3.33. The number of aldehydes is 1. The maximum absolute atomic E-state index is 13.6. The molecule has 1 aromatic heterocycles. The molecule has 2 aromatic carbocycles. The molecule has 5 nitrogen and oxygen atoms in total. The molecule has 1 heterocycles. The van der Waals surface area contributed by atoms with Gasteiger partial charge >= 0.3 is 0 Å². The lowest BCUT2D eigenvalue weighted by Crippen LogP contribution is -2.23. The summed E-state index contributed by atoms with van der Waals surface area (Å²) >= 11 is 31.5. The van der Waals surface area contributed by atoms with Gasteiger partial charge in [-0.25, -0.2) is 9.37 Å². The van der Waals surface area contributed by atoms with Crippen LogP contribution in [0.4, 0.5) is 20.2 Å². The number of anilines is 2. The van der Waals surface area contributed by atoms with Gasteiger partial charge in [0.25, 0.3) is 5.91 Å². The van der Waals surface area contributed by atoms with Crippen molar-refractivity contribution in [1.29, 1.82) is 0 Å². The fraction of sp³-hybridized carbons (Fsp3) is 0.160. The van der Waals surface area contributed by atoms with Crippen LogP contribution in [0.2, 0.25) is 15.1 Å². The van der Waals surface area contributed by atoms with Crippen molar-refractivity contribution in [2.75, 3.05) is 17.2 Å². The van der Waals surface area contributed by atoms with E-state index in [2.05, 4.69) is 22.2 Å². The summed E-state index contributed by atoms with van der Waals surface area (Å²) in [6.07, 6.45) is 1.71. The first-order valence-corrected chi connectivity index (χ1v) is 12.4. The number of rotatable bonds is 8. The van der Waals surface area contributed by atoms with Crippen molar-refractivity contribution in [3.63, 3.8) is 0 Å². The minimum Gasteiger partial charge on any atom is -0.384 e. The van der Waals surface area contributed by atoms with Gasteiger partial charge in [-0.15, -0.1) is 0 Å². The number of pyridine rings is 1. The van der Waals surface area contributed by atoms with Crippen molar-refractivity contribution in [2.45, 2.75) is 10.3 Å². The molecule has 0 aliphatic heterocycles. The number of carbonyl (C=O) groups excluding carboxylic acids is 2. The van der Waals surface area contributed by atoms with Crippen LogP contribution in [0.5, 0.6) is 0 Å². The molecule has 2 N–H and O–H groups in total. The zero-order chi connectivity index (χ0) is 27.1. The third-order valence-corrected chi connectivity index (χ3v) is 7.93. The van der Waals surface area contributed by atoms with Crippen LogP contribution in [0.25, 0.3) is 5.83 Å². The predicted octanol–water partition coefficient (Wildman–Crippen LogP) is 7.94. The molecule has 1 aliphatic carbocycles. The summed E-state index contributed by atoms with van der Waals surface area (Å²) in [7, 11) is 0. The first-order valence-electron chi connectivity index (χ1n) is 10.5. The molecular weight excluding hydrogens is 590 g/mol. The first-order chi connectivity index (χ1) is 17.4. The quantitative estimate of drug-likeness (QED) is 0.155. The highest BCUT2D eigenvalue weighted by Gasteiger charge is 2.76. The van der Waals surface area contributed by atoms with Gasteiger partial charge < -0.3 is 15.4 Å². The number of amides is 1. The number of benzene rings is 2. The Hall–Kier alpha value is -2.42. The lowest BCUT2D eigenvalue weighted by Gasteiger charge is -2.15. The molecule has 1 fully saturated rings. The van der Waals surface area contributed by atoms with E-state index in [1.54, 1.807) is 24.3 Å². The van der Waals surface area contributed by atoms with Gasteiger partial charge in [-0.3, -0.25) is 4.79 Å². The van der Waals surface area contributed by atoms with Crippen LogP contribution in [0, 0.1) is 11.4 Å². The monoisotopic (exact) mass is 603 g/mol. The van der Waals surface area contributed by atoms with Crippen LogP contribution >= 0.6 is 58.0 Å². The maximum Gasteiger partial charge on any atom is 0.257 e. The van der Waals surface area contributed by atoms with E-state index in [1.807, 2.05) is 0 Å². The summed E-state index contributed by atoms with van der Waals surface area (Å²) in [4.78, 5) is 28.4. The van der Waals surface area contributed by atoms with Gasteiger partial charge in [0.05, 0.1) is 33.4 Å². The van der Waals surface area contributed by atoms with Crippen LogP contribution in [-0.2, 0) is 4.79 Å². The molecule has 2 unspecified atom stereocenters. The molecule has 3 aromatic rings. The standard InChI is InChI=1S/C25H16Cl5F2N3O2/c1-12(31)18-8-17(9-33-22(18)32)35-23(37)19-7-16(2-3-20(19)28)34-10-24(11-36)21(25(24,29)30)13-4-14(26)6-15(27)5-13/h2-9,11,21,34H,1,10H2,(H,35,37). The lowest BCUT2D eigenvalue weighted by atomic mass is 10.00. The summed E-state index contributed by atoms with van der Waals surface area (Å²) < 4.78 is 25.6. The first kappa shape index (κ1) is 27.6.